The minimum absolute atomic E-state index is 0. The van der Waals surface area contributed by atoms with Crippen molar-refractivity contribution in [2.75, 3.05) is 0 Å². The maximum absolute atomic E-state index is 6.11. The zero-order valence-electron chi connectivity index (χ0n) is 74.5. The predicted molar refractivity (Wildman–Crippen MR) is 520 cm³/mol. The average molecular weight is 1900 g/mol. The molecular formula is C108H108I2N8Zn2. The van der Waals surface area contributed by atoms with Gasteiger partial charge < -0.3 is 19.9 Å². The molecule has 6 aromatic heterocycles. The fourth-order valence-corrected chi connectivity index (χ4v) is 17.0. The Morgan fingerprint density at radius 3 is 0.483 bits per heavy atom. The van der Waals surface area contributed by atoms with Crippen LogP contribution in [0.25, 0.3) is 171 Å². The van der Waals surface area contributed by atoms with E-state index in [1.807, 2.05) is 0 Å². The largest absolute Gasteiger partial charge is 2.00 e. The predicted octanol–water partition coefficient (Wildman–Crippen LogP) is 29.4. The van der Waals surface area contributed by atoms with Crippen molar-refractivity contribution < 1.29 is 39.0 Å². The van der Waals surface area contributed by atoms with E-state index in [0.717, 1.165) is 152 Å². The van der Waals surface area contributed by atoms with Crippen molar-refractivity contribution in [1.29, 1.82) is 0 Å². The van der Waals surface area contributed by atoms with Gasteiger partial charge in [0.15, 0.2) is 0 Å². The van der Waals surface area contributed by atoms with Gasteiger partial charge in [0, 0.05) is 7.14 Å². The van der Waals surface area contributed by atoms with Crippen molar-refractivity contribution in [3.63, 3.8) is 0 Å². The van der Waals surface area contributed by atoms with Crippen LogP contribution < -0.4 is 19.9 Å². The number of rotatable bonds is 7. The molecule has 0 N–H and O–H groups in total. The average Bonchev–Trinajstić information content (AvgIpc) is 1.58. The van der Waals surface area contributed by atoms with E-state index in [4.69, 9.17) is 39.9 Å². The summed E-state index contributed by atoms with van der Waals surface area (Å²) in [5, 5.41) is 0. The van der Waals surface area contributed by atoms with Crippen molar-refractivity contribution in [2.45, 2.75) is 209 Å². The number of nitrogens with zero attached hydrogens (tertiary/aromatic N) is 8. The van der Waals surface area contributed by atoms with Crippen molar-refractivity contribution >= 4 is 138 Å². The van der Waals surface area contributed by atoms with Crippen LogP contribution in [-0.2, 0) is 82.3 Å². The SMILES string of the molecule is CC(C)(C)c1cc(-c2c3nc(c(-c4c5nc(c(-c6cc(C(C)(C)C)cc(C(C)(C)C)c6)c6ccc([n-]6)c(-c6ccc(I)cc6)c6nc(c(-c7cc(C(C)(C)C)cc(C(C)(C)C)c7)c7ccc4[n-]7)C=C6)C=C5)c4ccc([n-]4)c(-c4cc(C(C)(C)C)cc(C(C)(C)C)c4)c4nc(c(-c5ccc(I)cc5)c5ccc2[n-]5)C=C4)C=C3)cc(C(C)(C)C)c1.[Zn+2].[Zn+2]. The molecule has 6 aromatic carbocycles. The molecule has 0 unspecified atom stereocenters. The first-order valence-corrected chi connectivity index (χ1v) is 43.7. The zero-order chi connectivity index (χ0) is 84.2. The molecule has 0 fully saturated rings. The van der Waals surface area contributed by atoms with E-state index in [9.17, 15) is 0 Å². The van der Waals surface area contributed by atoms with E-state index < -0.39 is 0 Å². The Hall–Kier alpha value is -8.77. The van der Waals surface area contributed by atoms with Crippen molar-refractivity contribution in [1.82, 2.24) is 39.9 Å². The molecule has 0 radical (unpaired) electrons. The summed E-state index contributed by atoms with van der Waals surface area (Å²) in [6, 6.07) is 63.6. The number of halogens is 2. The number of aromatic nitrogens is 8. The molecule has 12 aromatic rings. The van der Waals surface area contributed by atoms with Crippen LogP contribution in [0.1, 0.15) is 256 Å². The van der Waals surface area contributed by atoms with Crippen LogP contribution >= 0.6 is 45.2 Å². The second-order valence-electron chi connectivity index (χ2n) is 40.9. The van der Waals surface area contributed by atoms with Crippen molar-refractivity contribution in [3.05, 3.63) is 267 Å². The zero-order valence-corrected chi connectivity index (χ0v) is 84.8. The van der Waals surface area contributed by atoms with Gasteiger partial charge in [-0.1, -0.05) is 312 Å². The normalized spacial score (nSPS) is 13.3. The minimum Gasteiger partial charge on any atom is -0.657 e. The van der Waals surface area contributed by atoms with Gasteiger partial charge in [0.05, 0.1) is 45.6 Å². The third-order valence-corrected chi connectivity index (χ3v) is 25.0. The van der Waals surface area contributed by atoms with Gasteiger partial charge in [0.1, 0.15) is 0 Å². The van der Waals surface area contributed by atoms with Gasteiger partial charge in [-0.15, -0.1) is 44.1 Å². The van der Waals surface area contributed by atoms with Crippen molar-refractivity contribution in [3.8, 4) is 77.9 Å². The number of benzene rings is 6. The first-order chi connectivity index (χ1) is 55.3. The van der Waals surface area contributed by atoms with Gasteiger partial charge >= 0.3 is 39.0 Å². The molecular weight excluding hydrogens is 1790 g/mol. The third-order valence-electron chi connectivity index (χ3n) is 23.5. The molecule has 16 bridgehead atoms. The summed E-state index contributed by atoms with van der Waals surface area (Å²) < 4.78 is 2.28. The second-order valence-corrected chi connectivity index (χ2v) is 43.4. The van der Waals surface area contributed by atoms with E-state index >= 15 is 0 Å². The molecule has 120 heavy (non-hydrogen) atoms. The van der Waals surface area contributed by atoms with E-state index in [1.54, 1.807) is 0 Å². The van der Waals surface area contributed by atoms with Gasteiger partial charge in [0.25, 0.3) is 0 Å². The first kappa shape index (κ1) is 87.6. The topological polar surface area (TPSA) is 108 Å². The summed E-state index contributed by atoms with van der Waals surface area (Å²) in [4.78, 5) is 47.9. The molecule has 0 saturated carbocycles. The summed E-state index contributed by atoms with van der Waals surface area (Å²) >= 11 is 4.81. The minimum atomic E-state index is -0.205. The van der Waals surface area contributed by atoms with Crippen LogP contribution in [-0.4, -0.2) is 19.9 Å². The number of fused-ring (bicyclic) bond motifs is 16. The molecule has 598 valence electrons. The second kappa shape index (κ2) is 31.8. The summed E-state index contributed by atoms with van der Waals surface area (Å²) in [6.45, 7) is 55.3. The maximum atomic E-state index is 6.11. The maximum Gasteiger partial charge on any atom is 2.00 e. The quantitative estimate of drug-likeness (QED) is 0.115. The van der Waals surface area contributed by atoms with Gasteiger partial charge in [-0.2, -0.15) is 0 Å². The van der Waals surface area contributed by atoms with Crippen LogP contribution in [0.2, 0.25) is 0 Å². The molecule has 0 spiro atoms. The molecule has 16 rings (SSSR count). The van der Waals surface area contributed by atoms with Crippen LogP contribution in [0.15, 0.2) is 170 Å². The monoisotopic (exact) mass is 1900 g/mol. The Labute approximate surface area is 764 Å². The van der Waals surface area contributed by atoms with Crippen LogP contribution in [0, 0.1) is 7.14 Å². The molecule has 12 heteroatoms. The van der Waals surface area contributed by atoms with Gasteiger partial charge in [-0.05, 0) is 284 Å². The molecule has 0 aliphatic carbocycles. The number of hydrogen-bond donors (Lipinski definition) is 0. The first-order valence-electron chi connectivity index (χ1n) is 41.6. The van der Waals surface area contributed by atoms with Crippen LogP contribution in [0.5, 0.6) is 0 Å². The molecule has 10 heterocycles. The summed E-state index contributed by atoms with van der Waals surface area (Å²) in [5.41, 5.74) is 33.5. The standard InChI is InChI=1S/C108H108I2N8.2Zn/c1-101(2,3)67-49-63(50-68(57-67)102(4,5)6)95-81-37-33-77(111-81)93(61-25-29-75(109)30-26-61)78-34-38-82(112-78)96(64-51-69(103(7,8)9)58-70(52-64)104(10,11)12)86-42-46-90(116-86)99(89-45-41-85(95)115-89)100-91-47-43-87(117-91)97(65-53-71(105(13,14)15)59-72(54-65)106(16,17)18)83-39-35-79(113-83)94(62-27-31-76(110)32-28-62)80-36-40-84(114-80)98(88-44-48-92(100)118-88)66-55-73(107(19,20)21)60-74(56-66)108(22,23)24;;/h25-60H,1-24H3;;/q-4;2*+2. The Morgan fingerprint density at radius 1 is 0.183 bits per heavy atom. The van der Waals surface area contributed by atoms with Crippen LogP contribution in [0.3, 0.4) is 0 Å². The summed E-state index contributed by atoms with van der Waals surface area (Å²) in [5.74, 6) is 0. The Balaban J connectivity index is 0.00000590. The molecule has 0 amide bonds. The van der Waals surface area contributed by atoms with E-state index in [0.29, 0.717) is 22.4 Å². The van der Waals surface area contributed by atoms with E-state index in [-0.39, 0.29) is 82.3 Å². The molecule has 4 aliphatic heterocycles. The van der Waals surface area contributed by atoms with Crippen LogP contribution in [0.4, 0.5) is 0 Å². The Morgan fingerprint density at radius 2 is 0.325 bits per heavy atom. The molecule has 8 nitrogen and oxygen atoms in total. The number of hydrogen-bond acceptors (Lipinski definition) is 4. The summed E-state index contributed by atoms with van der Waals surface area (Å²) in [6.07, 6.45) is 17.5. The van der Waals surface area contributed by atoms with E-state index in [1.165, 1.54) is 44.5 Å². The molecule has 0 saturated heterocycles. The third kappa shape index (κ3) is 17.4. The fourth-order valence-electron chi connectivity index (χ4n) is 16.2. The molecule has 0 atom stereocenters. The molecule has 4 aliphatic rings. The smallest absolute Gasteiger partial charge is 0.657 e. The van der Waals surface area contributed by atoms with Crippen molar-refractivity contribution in [2.24, 2.45) is 0 Å². The summed E-state index contributed by atoms with van der Waals surface area (Å²) in [7, 11) is 0. The van der Waals surface area contributed by atoms with Gasteiger partial charge in [0.2, 0.25) is 0 Å². The van der Waals surface area contributed by atoms with E-state index in [2.05, 4.69) is 430 Å². The Kier molecular flexibility index (Phi) is 23.2. The Bertz CT molecular complexity index is 5950. The fraction of sp³-hybridized carbons (Fsp3) is 0.296. The van der Waals surface area contributed by atoms with Gasteiger partial charge in [-0.3, -0.25) is 0 Å². The van der Waals surface area contributed by atoms with Gasteiger partial charge in [-0.25, -0.2) is 19.9 Å².